The molecule has 178 valence electrons. The molecule has 4 aromatic rings. The standard InChI is InChI=1S/C25H22F2N6OS/c1-16(25(34,13-33-15-30-14-31-33)21-3-2-19(26)9-22(21)27)32-7-5-17-8-23(35-24(17)12-32)20-11-29-6-4-18(20)10-28/h2-4,6,8-9,11,14-16,34H,5,7,12-13H2,1H3/p+1/t16-,25-/m1/s1. The van der Waals surface area contributed by atoms with E-state index in [1.54, 1.807) is 34.5 Å². The van der Waals surface area contributed by atoms with Gasteiger partial charge in [0.15, 0.2) is 0 Å². The Balaban J connectivity index is 1.47. The molecule has 3 aromatic heterocycles. The Hall–Kier alpha value is -3.52. The number of nitrogens with one attached hydrogen (secondary N) is 1. The molecule has 0 fully saturated rings. The van der Waals surface area contributed by atoms with Gasteiger partial charge in [0, 0.05) is 58.5 Å². The molecule has 0 radical (unpaired) electrons. The van der Waals surface area contributed by atoms with Crippen molar-refractivity contribution < 1.29 is 18.6 Å². The summed E-state index contributed by atoms with van der Waals surface area (Å²) in [5.74, 6) is -1.49. The smallest absolute Gasteiger partial charge is 0.306 e. The second kappa shape index (κ2) is 9.26. The first-order valence-corrected chi connectivity index (χ1v) is 12.0. The number of fused-ring (bicyclic) bond motifs is 1. The number of aromatic nitrogens is 4. The zero-order chi connectivity index (χ0) is 24.6. The lowest BCUT2D eigenvalue weighted by Gasteiger charge is -2.41. The van der Waals surface area contributed by atoms with Gasteiger partial charge in [-0.15, -0.1) is 11.3 Å². The van der Waals surface area contributed by atoms with Gasteiger partial charge in [0.05, 0.1) is 11.6 Å². The number of H-pyrrole nitrogens is 1. The van der Waals surface area contributed by atoms with Crippen LogP contribution in [-0.2, 0) is 25.1 Å². The number of rotatable bonds is 6. The molecular formula is C25H23F2N6OS+. The molecule has 5 rings (SSSR count). The first-order chi connectivity index (χ1) is 16.9. The summed E-state index contributed by atoms with van der Waals surface area (Å²) in [5.41, 5.74) is 0.932. The molecule has 0 bridgehead atoms. The van der Waals surface area contributed by atoms with Crippen LogP contribution in [0.4, 0.5) is 8.78 Å². The van der Waals surface area contributed by atoms with E-state index in [0.29, 0.717) is 18.7 Å². The fourth-order valence-corrected chi connectivity index (χ4v) is 5.94. The van der Waals surface area contributed by atoms with Gasteiger partial charge in [0.1, 0.15) is 23.8 Å². The number of thiophene rings is 1. The normalized spacial score (nSPS) is 16.3. The molecule has 1 aliphatic rings. The second-order valence-corrected chi connectivity index (χ2v) is 9.82. The highest BCUT2D eigenvalue weighted by Crippen LogP contribution is 2.39. The largest absolute Gasteiger partial charge is 0.379 e. The summed E-state index contributed by atoms with van der Waals surface area (Å²) in [5, 5.41) is 24.3. The highest BCUT2D eigenvalue weighted by Gasteiger charge is 2.44. The van der Waals surface area contributed by atoms with Gasteiger partial charge in [0.2, 0.25) is 6.33 Å². The SMILES string of the molecule is C[C@@H](N1CCc2cc(-c3cnccc3C#N)sc2C1)[C@](O)(C[n+]1cnc[nH]1)c1ccc(F)cc1F. The molecule has 10 heteroatoms. The van der Waals surface area contributed by atoms with E-state index in [2.05, 4.69) is 32.1 Å². The van der Waals surface area contributed by atoms with Crippen molar-refractivity contribution in [1.29, 1.82) is 5.26 Å². The summed E-state index contributed by atoms with van der Waals surface area (Å²) in [6, 6.07) is 8.78. The Morgan fingerprint density at radius 1 is 1.31 bits per heavy atom. The predicted octanol–water partition coefficient (Wildman–Crippen LogP) is 3.31. The van der Waals surface area contributed by atoms with Crippen LogP contribution >= 0.6 is 11.3 Å². The molecule has 7 nitrogen and oxygen atoms in total. The van der Waals surface area contributed by atoms with Crippen molar-refractivity contribution in [2.24, 2.45) is 0 Å². The molecule has 0 spiro atoms. The van der Waals surface area contributed by atoms with Crippen LogP contribution in [-0.4, -0.2) is 37.7 Å². The molecule has 0 aliphatic carbocycles. The maximum atomic E-state index is 14.9. The van der Waals surface area contributed by atoms with Gasteiger partial charge in [-0.1, -0.05) is 6.07 Å². The van der Waals surface area contributed by atoms with Gasteiger partial charge < -0.3 is 5.11 Å². The van der Waals surface area contributed by atoms with Crippen LogP contribution in [0.3, 0.4) is 0 Å². The number of aliphatic hydroxyl groups is 1. The van der Waals surface area contributed by atoms with Crippen LogP contribution in [0.2, 0.25) is 0 Å². The van der Waals surface area contributed by atoms with Crippen LogP contribution in [0, 0.1) is 23.0 Å². The van der Waals surface area contributed by atoms with Gasteiger partial charge in [-0.05, 0) is 42.1 Å². The van der Waals surface area contributed by atoms with E-state index < -0.39 is 23.3 Å². The van der Waals surface area contributed by atoms with Gasteiger partial charge in [-0.25, -0.2) is 8.78 Å². The molecule has 0 saturated heterocycles. The Kier molecular flexibility index (Phi) is 6.15. The number of nitriles is 1. The highest BCUT2D eigenvalue weighted by atomic mass is 32.1. The average Bonchev–Trinajstić information content (AvgIpc) is 3.52. The van der Waals surface area contributed by atoms with Crippen LogP contribution < -0.4 is 4.68 Å². The van der Waals surface area contributed by atoms with E-state index >= 15 is 0 Å². The second-order valence-electron chi connectivity index (χ2n) is 8.69. The molecule has 1 aliphatic heterocycles. The van der Waals surface area contributed by atoms with E-state index in [1.807, 2.05) is 6.92 Å². The average molecular weight is 494 g/mol. The zero-order valence-electron chi connectivity index (χ0n) is 18.9. The van der Waals surface area contributed by atoms with Gasteiger partial charge in [-0.3, -0.25) is 9.88 Å². The zero-order valence-corrected chi connectivity index (χ0v) is 19.8. The van der Waals surface area contributed by atoms with Crippen molar-refractivity contribution in [3.05, 3.63) is 88.6 Å². The quantitative estimate of drug-likeness (QED) is 0.402. The summed E-state index contributed by atoms with van der Waals surface area (Å²) in [6.45, 7) is 3.08. The van der Waals surface area contributed by atoms with Crippen molar-refractivity contribution in [1.82, 2.24) is 20.0 Å². The third-order valence-corrected chi connectivity index (χ3v) is 7.87. The molecule has 0 unspecified atom stereocenters. The van der Waals surface area contributed by atoms with Crippen LogP contribution in [0.25, 0.3) is 10.4 Å². The monoisotopic (exact) mass is 493 g/mol. The molecule has 35 heavy (non-hydrogen) atoms. The van der Waals surface area contributed by atoms with Gasteiger partial charge in [0.25, 0.3) is 0 Å². The highest BCUT2D eigenvalue weighted by molar-refractivity contribution is 7.15. The molecule has 2 N–H and O–H groups in total. The summed E-state index contributed by atoms with van der Waals surface area (Å²) < 4.78 is 30.1. The van der Waals surface area contributed by atoms with E-state index in [9.17, 15) is 19.1 Å². The van der Waals surface area contributed by atoms with Crippen LogP contribution in [0.1, 0.15) is 28.5 Å². The third kappa shape index (κ3) is 4.34. The minimum absolute atomic E-state index is 0.0109. The fraction of sp³-hybridized carbons (Fsp3) is 0.280. The minimum atomic E-state index is -1.66. The van der Waals surface area contributed by atoms with Crippen LogP contribution in [0.5, 0.6) is 0 Å². The van der Waals surface area contributed by atoms with Gasteiger partial charge >= 0.3 is 6.33 Å². The van der Waals surface area contributed by atoms with E-state index in [-0.39, 0.29) is 12.1 Å². The topological polar surface area (TPSA) is 92.7 Å². The summed E-state index contributed by atoms with van der Waals surface area (Å²) >= 11 is 1.60. The van der Waals surface area contributed by atoms with E-state index in [1.165, 1.54) is 24.3 Å². The van der Waals surface area contributed by atoms with Crippen molar-refractivity contribution in [2.45, 2.75) is 38.1 Å². The fourth-order valence-electron chi connectivity index (χ4n) is 4.68. The third-order valence-electron chi connectivity index (χ3n) is 6.67. The maximum absolute atomic E-state index is 14.9. The lowest BCUT2D eigenvalue weighted by molar-refractivity contribution is -0.765. The number of hydrogen-bond acceptors (Lipinski definition) is 6. The number of halogens is 2. The number of nitrogens with zero attached hydrogens (tertiary/aromatic N) is 5. The summed E-state index contributed by atoms with van der Waals surface area (Å²) in [6.07, 6.45) is 7.04. The molecule has 0 saturated carbocycles. The predicted molar refractivity (Wildman–Crippen MR) is 125 cm³/mol. The Morgan fingerprint density at radius 3 is 2.91 bits per heavy atom. The summed E-state index contributed by atoms with van der Waals surface area (Å²) in [7, 11) is 0. The maximum Gasteiger partial charge on any atom is 0.306 e. The van der Waals surface area contributed by atoms with E-state index in [4.69, 9.17) is 0 Å². The Labute approximate surface area is 204 Å². The first kappa shape index (κ1) is 23.2. The Bertz CT molecular complexity index is 1400. The van der Waals surface area contributed by atoms with Crippen molar-refractivity contribution >= 4 is 11.3 Å². The number of benzene rings is 1. The lowest BCUT2D eigenvalue weighted by atomic mass is 9.84. The van der Waals surface area contributed by atoms with Crippen molar-refractivity contribution in [3.63, 3.8) is 0 Å². The molecule has 1 aromatic carbocycles. The van der Waals surface area contributed by atoms with E-state index in [0.717, 1.165) is 33.9 Å². The van der Waals surface area contributed by atoms with Crippen molar-refractivity contribution in [2.75, 3.05) is 6.54 Å². The molecule has 0 amide bonds. The number of aromatic amines is 1. The number of pyridine rings is 1. The number of hydrogen-bond donors (Lipinski definition) is 2. The Morgan fingerprint density at radius 2 is 2.17 bits per heavy atom. The van der Waals surface area contributed by atoms with Gasteiger partial charge in [-0.2, -0.15) is 15.0 Å². The molecule has 4 heterocycles. The molecule has 2 atom stereocenters. The molecular weight excluding hydrogens is 470 g/mol. The van der Waals surface area contributed by atoms with Crippen LogP contribution in [0.15, 0.2) is 55.4 Å². The lowest BCUT2D eigenvalue weighted by Crippen LogP contribution is -2.58. The first-order valence-electron chi connectivity index (χ1n) is 11.1. The summed E-state index contributed by atoms with van der Waals surface area (Å²) in [4.78, 5) is 12.4. The minimum Gasteiger partial charge on any atom is -0.379 e. The van der Waals surface area contributed by atoms with Crippen molar-refractivity contribution in [3.8, 4) is 16.5 Å².